The van der Waals surface area contributed by atoms with Crippen LogP contribution in [0.2, 0.25) is 0 Å². The summed E-state index contributed by atoms with van der Waals surface area (Å²) in [5, 5.41) is 3.51. The smallest absolute Gasteiger partial charge is 0.0593 e. The lowest BCUT2D eigenvalue weighted by Gasteiger charge is -2.21. The van der Waals surface area contributed by atoms with Crippen molar-refractivity contribution in [2.45, 2.75) is 40.2 Å². The van der Waals surface area contributed by atoms with E-state index >= 15 is 0 Å². The summed E-state index contributed by atoms with van der Waals surface area (Å²) in [7, 11) is 0. The maximum Gasteiger partial charge on any atom is 0.0593 e. The van der Waals surface area contributed by atoms with Crippen LogP contribution in [0.1, 0.15) is 34.1 Å². The first-order valence-electron chi connectivity index (χ1n) is 6.28. The molecule has 0 saturated heterocycles. The van der Waals surface area contributed by atoms with Crippen LogP contribution in [0.5, 0.6) is 0 Å². The van der Waals surface area contributed by atoms with Gasteiger partial charge in [-0.2, -0.15) is 0 Å². The molecule has 1 unspecified atom stereocenters. The molecule has 0 bridgehead atoms. The molecule has 0 saturated carbocycles. The minimum Gasteiger partial charge on any atom is -0.380 e. The van der Waals surface area contributed by atoms with E-state index in [1.54, 1.807) is 0 Å². The van der Waals surface area contributed by atoms with Crippen LogP contribution in [0.3, 0.4) is 0 Å². The lowest BCUT2D eigenvalue weighted by atomic mass is 10.2. The molecule has 0 amide bonds. The number of hydrogen-bond acceptors (Lipinski definition) is 3. The van der Waals surface area contributed by atoms with Crippen molar-refractivity contribution in [1.82, 2.24) is 10.2 Å². The fraction of sp³-hybridized carbons (Fsp3) is 1.00. The van der Waals surface area contributed by atoms with Crippen LogP contribution < -0.4 is 5.32 Å². The van der Waals surface area contributed by atoms with Gasteiger partial charge in [-0.3, -0.25) is 0 Å². The Labute approximate surface area is 95.2 Å². The van der Waals surface area contributed by atoms with Crippen molar-refractivity contribution in [3.63, 3.8) is 0 Å². The SMILES string of the molecule is CCOCCN(CC)CCNC(C)CC. The van der Waals surface area contributed by atoms with Crippen molar-refractivity contribution in [2.75, 3.05) is 39.4 Å². The minimum atomic E-state index is 0.635. The first-order valence-corrected chi connectivity index (χ1v) is 6.28. The van der Waals surface area contributed by atoms with Crippen molar-refractivity contribution < 1.29 is 4.74 Å². The summed E-state index contributed by atoms with van der Waals surface area (Å²) < 4.78 is 5.35. The van der Waals surface area contributed by atoms with Gasteiger partial charge in [-0.25, -0.2) is 0 Å². The topological polar surface area (TPSA) is 24.5 Å². The van der Waals surface area contributed by atoms with E-state index in [2.05, 4.69) is 31.0 Å². The van der Waals surface area contributed by atoms with Crippen molar-refractivity contribution in [3.8, 4) is 0 Å². The Morgan fingerprint density at radius 3 is 2.47 bits per heavy atom. The van der Waals surface area contributed by atoms with Crippen LogP contribution >= 0.6 is 0 Å². The average molecular weight is 216 g/mol. The maximum atomic E-state index is 5.35. The zero-order valence-electron chi connectivity index (χ0n) is 10.9. The van der Waals surface area contributed by atoms with Crippen LogP contribution in [0, 0.1) is 0 Å². The molecule has 0 aromatic carbocycles. The molecule has 3 nitrogen and oxygen atoms in total. The molecule has 0 aliphatic rings. The molecular weight excluding hydrogens is 188 g/mol. The molecule has 0 spiro atoms. The van der Waals surface area contributed by atoms with Crippen LogP contribution in [0.25, 0.3) is 0 Å². The Hall–Kier alpha value is -0.120. The van der Waals surface area contributed by atoms with Crippen LogP contribution in [-0.4, -0.2) is 50.3 Å². The number of ether oxygens (including phenoxy) is 1. The van der Waals surface area contributed by atoms with E-state index in [9.17, 15) is 0 Å². The highest BCUT2D eigenvalue weighted by molar-refractivity contribution is 4.61. The van der Waals surface area contributed by atoms with Gasteiger partial charge in [0.2, 0.25) is 0 Å². The molecule has 92 valence electrons. The molecule has 0 aliphatic carbocycles. The molecule has 0 heterocycles. The van der Waals surface area contributed by atoms with Crippen LogP contribution in [-0.2, 0) is 4.74 Å². The van der Waals surface area contributed by atoms with Gasteiger partial charge < -0.3 is 15.0 Å². The first-order chi connectivity index (χ1) is 7.24. The van der Waals surface area contributed by atoms with E-state index < -0.39 is 0 Å². The predicted octanol–water partition coefficient (Wildman–Crippen LogP) is 1.73. The van der Waals surface area contributed by atoms with Gasteiger partial charge in [0, 0.05) is 32.3 Å². The summed E-state index contributed by atoms with van der Waals surface area (Å²) in [6.45, 7) is 14.7. The summed E-state index contributed by atoms with van der Waals surface area (Å²) in [6, 6.07) is 0.635. The molecule has 1 N–H and O–H groups in total. The van der Waals surface area contributed by atoms with E-state index in [1.165, 1.54) is 6.42 Å². The maximum absolute atomic E-state index is 5.35. The molecule has 0 radical (unpaired) electrons. The number of nitrogens with zero attached hydrogens (tertiary/aromatic N) is 1. The third-order valence-corrected chi connectivity index (χ3v) is 2.74. The van der Waals surface area contributed by atoms with Gasteiger partial charge in [-0.15, -0.1) is 0 Å². The van der Waals surface area contributed by atoms with E-state index in [-0.39, 0.29) is 0 Å². The fourth-order valence-electron chi connectivity index (χ4n) is 1.38. The van der Waals surface area contributed by atoms with E-state index in [4.69, 9.17) is 4.74 Å². The van der Waals surface area contributed by atoms with Gasteiger partial charge in [-0.1, -0.05) is 13.8 Å². The Balaban J connectivity index is 3.43. The van der Waals surface area contributed by atoms with Crippen LogP contribution in [0.15, 0.2) is 0 Å². The molecule has 0 aliphatic heterocycles. The number of rotatable bonds is 10. The molecule has 0 fully saturated rings. The zero-order valence-corrected chi connectivity index (χ0v) is 10.9. The van der Waals surface area contributed by atoms with Gasteiger partial charge in [0.25, 0.3) is 0 Å². The number of hydrogen-bond donors (Lipinski definition) is 1. The third kappa shape index (κ3) is 8.85. The van der Waals surface area contributed by atoms with Crippen molar-refractivity contribution >= 4 is 0 Å². The second-order valence-electron chi connectivity index (χ2n) is 3.89. The Bertz CT molecular complexity index is 131. The Morgan fingerprint density at radius 2 is 1.93 bits per heavy atom. The normalized spacial score (nSPS) is 13.4. The lowest BCUT2D eigenvalue weighted by Crippen LogP contribution is -2.37. The van der Waals surface area contributed by atoms with E-state index in [1.807, 2.05) is 6.92 Å². The quantitative estimate of drug-likeness (QED) is 0.563. The van der Waals surface area contributed by atoms with Crippen LogP contribution in [0.4, 0.5) is 0 Å². The largest absolute Gasteiger partial charge is 0.380 e. The Morgan fingerprint density at radius 1 is 1.20 bits per heavy atom. The van der Waals surface area contributed by atoms with Gasteiger partial charge >= 0.3 is 0 Å². The summed E-state index contributed by atoms with van der Waals surface area (Å²) in [5.41, 5.74) is 0. The number of likely N-dealkylation sites (N-methyl/N-ethyl adjacent to an activating group) is 1. The monoisotopic (exact) mass is 216 g/mol. The third-order valence-electron chi connectivity index (χ3n) is 2.74. The van der Waals surface area contributed by atoms with Gasteiger partial charge in [-0.05, 0) is 26.8 Å². The Kier molecular flexibility index (Phi) is 10.3. The summed E-state index contributed by atoms with van der Waals surface area (Å²) in [5.74, 6) is 0. The van der Waals surface area contributed by atoms with Gasteiger partial charge in [0.05, 0.1) is 6.61 Å². The molecule has 0 rings (SSSR count). The fourth-order valence-corrected chi connectivity index (χ4v) is 1.38. The molecule has 0 aromatic rings. The van der Waals surface area contributed by atoms with Crippen molar-refractivity contribution in [1.29, 1.82) is 0 Å². The predicted molar refractivity (Wildman–Crippen MR) is 66.4 cm³/mol. The molecule has 1 atom stereocenters. The highest BCUT2D eigenvalue weighted by Crippen LogP contribution is 1.90. The highest BCUT2D eigenvalue weighted by atomic mass is 16.5. The molecular formula is C12H28N2O. The molecule has 3 heteroatoms. The van der Waals surface area contributed by atoms with E-state index in [0.717, 1.165) is 39.4 Å². The first kappa shape index (κ1) is 14.9. The van der Waals surface area contributed by atoms with Crippen molar-refractivity contribution in [3.05, 3.63) is 0 Å². The molecule has 0 aromatic heterocycles. The van der Waals surface area contributed by atoms with Gasteiger partial charge in [0.1, 0.15) is 0 Å². The average Bonchev–Trinajstić information content (AvgIpc) is 2.26. The minimum absolute atomic E-state index is 0.635. The zero-order chi connectivity index (χ0) is 11.5. The van der Waals surface area contributed by atoms with Crippen molar-refractivity contribution in [2.24, 2.45) is 0 Å². The standard InChI is InChI=1S/C12H28N2O/c1-5-12(4)13-8-9-14(6-2)10-11-15-7-3/h12-13H,5-11H2,1-4H3. The van der Waals surface area contributed by atoms with Gasteiger partial charge in [0.15, 0.2) is 0 Å². The second kappa shape index (κ2) is 10.4. The summed E-state index contributed by atoms with van der Waals surface area (Å²) >= 11 is 0. The number of nitrogens with one attached hydrogen (secondary N) is 1. The molecule has 15 heavy (non-hydrogen) atoms. The van der Waals surface area contributed by atoms with E-state index in [0.29, 0.717) is 6.04 Å². The second-order valence-corrected chi connectivity index (χ2v) is 3.89. The highest BCUT2D eigenvalue weighted by Gasteiger charge is 2.02. The summed E-state index contributed by atoms with van der Waals surface area (Å²) in [4.78, 5) is 2.42. The summed E-state index contributed by atoms with van der Waals surface area (Å²) in [6.07, 6.45) is 1.20. The lowest BCUT2D eigenvalue weighted by molar-refractivity contribution is 0.115.